The molecule has 0 heteroatoms. The van der Waals surface area contributed by atoms with Gasteiger partial charge in [0.15, 0.2) is 0 Å². The molecule has 0 aromatic carbocycles. The fraction of sp³-hybridized carbons (Fsp3) is 0.750. The minimum atomic E-state index is 0.858. The van der Waals surface area contributed by atoms with E-state index in [4.69, 9.17) is 6.92 Å². The Morgan fingerprint density at radius 3 is 1.83 bits per heavy atom. The average Bonchev–Trinajstić information content (AvgIpc) is 2.10. The lowest BCUT2D eigenvalue weighted by atomic mass is 10.1. The molecule has 12 heavy (non-hydrogen) atoms. The quantitative estimate of drug-likeness (QED) is 0.352. The summed E-state index contributed by atoms with van der Waals surface area (Å²) in [5.74, 6) is 0. The van der Waals surface area contributed by atoms with Crippen LogP contribution in [0.1, 0.15) is 57.8 Å². The van der Waals surface area contributed by atoms with Gasteiger partial charge in [0.1, 0.15) is 0 Å². The van der Waals surface area contributed by atoms with Gasteiger partial charge in [-0.3, -0.25) is 0 Å². The Morgan fingerprint density at radius 1 is 0.833 bits per heavy atom. The standard InChI is InChI=1S/C12H22/c1-3-5-7-9-11-12-10-8-6-4-2/h1,4H,2-3,5-12H2. The normalized spacial score (nSPS) is 10.1. The topological polar surface area (TPSA) is 0 Å². The van der Waals surface area contributed by atoms with Gasteiger partial charge in [0.05, 0.1) is 0 Å². The minimum Gasteiger partial charge on any atom is -0.103 e. The Kier molecular flexibility index (Phi) is 10.5. The smallest absolute Gasteiger partial charge is 0.0352 e. The van der Waals surface area contributed by atoms with Crippen molar-refractivity contribution < 1.29 is 0 Å². The third-order valence-corrected chi connectivity index (χ3v) is 2.11. The molecular weight excluding hydrogens is 144 g/mol. The highest BCUT2D eigenvalue weighted by molar-refractivity contribution is 4.65. The molecule has 0 nitrogen and oxygen atoms in total. The van der Waals surface area contributed by atoms with Crippen molar-refractivity contribution in [3.63, 3.8) is 0 Å². The van der Waals surface area contributed by atoms with Gasteiger partial charge in [0.2, 0.25) is 0 Å². The zero-order valence-electron chi connectivity index (χ0n) is 8.23. The molecule has 2 radical (unpaired) electrons. The second-order valence-electron chi connectivity index (χ2n) is 3.34. The van der Waals surface area contributed by atoms with Crippen LogP contribution in [0.3, 0.4) is 0 Å². The van der Waals surface area contributed by atoms with Crippen LogP contribution in [0.2, 0.25) is 0 Å². The summed E-state index contributed by atoms with van der Waals surface area (Å²) in [7, 11) is 0. The van der Waals surface area contributed by atoms with Crippen LogP contribution in [-0.2, 0) is 0 Å². The lowest BCUT2D eigenvalue weighted by Crippen LogP contribution is -1.79. The number of allylic oxidation sites excluding steroid dienone is 1. The van der Waals surface area contributed by atoms with E-state index in [9.17, 15) is 0 Å². The van der Waals surface area contributed by atoms with Gasteiger partial charge in [-0.2, -0.15) is 0 Å². The maximum absolute atomic E-state index is 5.40. The Hall–Kier alpha value is -0.260. The van der Waals surface area contributed by atoms with Crippen molar-refractivity contribution in [2.24, 2.45) is 0 Å². The summed E-state index contributed by atoms with van der Waals surface area (Å²) in [5, 5.41) is 0. The highest BCUT2D eigenvalue weighted by Crippen LogP contribution is 2.09. The van der Waals surface area contributed by atoms with E-state index in [-0.39, 0.29) is 0 Å². The molecule has 0 bridgehead atoms. The molecule has 0 aliphatic carbocycles. The van der Waals surface area contributed by atoms with E-state index in [0.29, 0.717) is 0 Å². The van der Waals surface area contributed by atoms with Gasteiger partial charge in [0, 0.05) is 0 Å². The Bertz CT molecular complexity index is 84.0. The highest BCUT2D eigenvalue weighted by Gasteiger charge is 1.89. The van der Waals surface area contributed by atoms with Crippen LogP contribution in [0.5, 0.6) is 0 Å². The molecule has 0 aromatic heterocycles. The summed E-state index contributed by atoms with van der Waals surface area (Å²) in [5.41, 5.74) is 0. The van der Waals surface area contributed by atoms with E-state index in [0.717, 1.165) is 6.42 Å². The molecule has 0 unspecified atom stereocenters. The molecule has 0 aliphatic heterocycles. The van der Waals surface area contributed by atoms with Crippen molar-refractivity contribution in [3.05, 3.63) is 19.6 Å². The Balaban J connectivity index is 2.77. The van der Waals surface area contributed by atoms with E-state index in [1.807, 2.05) is 6.08 Å². The van der Waals surface area contributed by atoms with Crippen molar-refractivity contribution in [2.75, 3.05) is 0 Å². The van der Waals surface area contributed by atoms with Gasteiger partial charge in [-0.15, -0.1) is 6.58 Å². The number of rotatable bonds is 9. The zero-order valence-corrected chi connectivity index (χ0v) is 8.23. The monoisotopic (exact) mass is 166 g/mol. The minimum absolute atomic E-state index is 0.858. The predicted octanol–water partition coefficient (Wildman–Crippen LogP) is 4.39. The molecular formula is C12H22. The average molecular weight is 166 g/mol. The van der Waals surface area contributed by atoms with Gasteiger partial charge >= 0.3 is 0 Å². The van der Waals surface area contributed by atoms with E-state index in [2.05, 4.69) is 6.58 Å². The molecule has 0 fully saturated rings. The van der Waals surface area contributed by atoms with Gasteiger partial charge in [-0.1, -0.05) is 44.6 Å². The zero-order chi connectivity index (χ0) is 9.07. The van der Waals surface area contributed by atoms with Crippen molar-refractivity contribution in [3.8, 4) is 0 Å². The Morgan fingerprint density at radius 2 is 1.33 bits per heavy atom. The third kappa shape index (κ3) is 9.74. The third-order valence-electron chi connectivity index (χ3n) is 2.11. The van der Waals surface area contributed by atoms with Crippen LogP contribution in [0, 0.1) is 6.92 Å². The first-order valence-corrected chi connectivity index (χ1v) is 5.22. The van der Waals surface area contributed by atoms with Gasteiger partial charge in [-0.05, 0) is 26.2 Å². The van der Waals surface area contributed by atoms with Crippen molar-refractivity contribution in [2.45, 2.75) is 57.8 Å². The molecule has 0 aromatic rings. The van der Waals surface area contributed by atoms with Crippen LogP contribution in [0.4, 0.5) is 0 Å². The molecule has 70 valence electrons. The summed E-state index contributed by atoms with van der Waals surface area (Å²) in [6.45, 7) is 9.10. The van der Waals surface area contributed by atoms with Crippen LogP contribution in [0.25, 0.3) is 0 Å². The van der Waals surface area contributed by atoms with Crippen LogP contribution in [0.15, 0.2) is 12.7 Å². The lowest BCUT2D eigenvalue weighted by molar-refractivity contribution is 0.583. The van der Waals surface area contributed by atoms with Crippen molar-refractivity contribution in [1.82, 2.24) is 0 Å². The predicted molar refractivity (Wildman–Crippen MR) is 56.1 cm³/mol. The van der Waals surface area contributed by atoms with E-state index in [1.165, 1.54) is 51.4 Å². The number of hydrogen-bond acceptors (Lipinski definition) is 0. The molecule has 0 saturated heterocycles. The van der Waals surface area contributed by atoms with Gasteiger partial charge in [-0.25, -0.2) is 0 Å². The van der Waals surface area contributed by atoms with Gasteiger partial charge < -0.3 is 0 Å². The second kappa shape index (κ2) is 10.7. The van der Waals surface area contributed by atoms with Crippen molar-refractivity contribution >= 4 is 0 Å². The number of unbranched alkanes of at least 4 members (excludes halogenated alkanes) is 8. The summed E-state index contributed by atoms with van der Waals surface area (Å²) >= 11 is 0. The first kappa shape index (κ1) is 11.7. The van der Waals surface area contributed by atoms with Crippen LogP contribution >= 0.6 is 0 Å². The summed E-state index contributed by atoms with van der Waals surface area (Å²) in [6.07, 6.45) is 13.4. The maximum atomic E-state index is 5.40. The summed E-state index contributed by atoms with van der Waals surface area (Å²) in [6, 6.07) is 0. The first-order chi connectivity index (χ1) is 5.91. The lowest BCUT2D eigenvalue weighted by Gasteiger charge is -1.99. The first-order valence-electron chi connectivity index (χ1n) is 5.22. The largest absolute Gasteiger partial charge is 0.103 e. The van der Waals surface area contributed by atoms with E-state index >= 15 is 0 Å². The maximum Gasteiger partial charge on any atom is -0.0352 e. The SMILES string of the molecule is [CH]CCCCCCCCCC=C. The fourth-order valence-electron chi connectivity index (χ4n) is 1.32. The fourth-order valence-corrected chi connectivity index (χ4v) is 1.32. The summed E-state index contributed by atoms with van der Waals surface area (Å²) < 4.78 is 0. The van der Waals surface area contributed by atoms with Gasteiger partial charge in [0.25, 0.3) is 0 Å². The van der Waals surface area contributed by atoms with E-state index < -0.39 is 0 Å². The molecule has 0 heterocycles. The second-order valence-corrected chi connectivity index (χ2v) is 3.34. The Labute approximate surface area is 78.1 Å². The molecule has 0 spiro atoms. The number of hydrogen-bond donors (Lipinski definition) is 0. The van der Waals surface area contributed by atoms with Crippen LogP contribution < -0.4 is 0 Å². The van der Waals surface area contributed by atoms with E-state index in [1.54, 1.807) is 0 Å². The van der Waals surface area contributed by atoms with Crippen molar-refractivity contribution in [1.29, 1.82) is 0 Å². The molecule has 0 atom stereocenters. The molecule has 0 aliphatic rings. The van der Waals surface area contributed by atoms with Crippen LogP contribution in [-0.4, -0.2) is 0 Å². The highest BCUT2D eigenvalue weighted by atomic mass is 14.0. The molecule has 0 amide bonds. The molecule has 0 rings (SSSR count). The summed E-state index contributed by atoms with van der Waals surface area (Å²) in [4.78, 5) is 0. The molecule has 0 saturated carbocycles. The molecule has 0 N–H and O–H groups in total.